The molecule has 0 saturated heterocycles. The van der Waals surface area contributed by atoms with Crippen LogP contribution in [0.3, 0.4) is 0 Å². The van der Waals surface area contributed by atoms with Crippen LogP contribution in [0.2, 0.25) is 0 Å². The molecule has 4 unspecified atom stereocenters. The van der Waals surface area contributed by atoms with Gasteiger partial charge in [-0.3, -0.25) is 0 Å². The van der Waals surface area contributed by atoms with Crippen molar-refractivity contribution in [2.75, 3.05) is 0 Å². The van der Waals surface area contributed by atoms with Gasteiger partial charge in [0.15, 0.2) is 0 Å². The third-order valence-electron chi connectivity index (χ3n) is 10.2. The number of allylic oxidation sites excluding steroid dienone is 5. The van der Waals surface area contributed by atoms with Crippen LogP contribution in [0, 0.1) is 29.6 Å². The van der Waals surface area contributed by atoms with Crippen molar-refractivity contribution in [3.8, 4) is 0 Å². The Labute approximate surface area is 201 Å². The first-order valence-corrected chi connectivity index (χ1v) is 12.7. The van der Waals surface area contributed by atoms with E-state index in [1.807, 2.05) is 13.8 Å². The lowest BCUT2D eigenvalue weighted by Crippen LogP contribution is -2.59. The van der Waals surface area contributed by atoms with Crippen LogP contribution in [-0.4, -0.2) is 11.8 Å². The molecule has 0 bridgehead atoms. The molecule has 4 aliphatic rings. The van der Waals surface area contributed by atoms with E-state index in [0.29, 0.717) is 19.8 Å². The second-order valence-corrected chi connectivity index (χ2v) is 11.9. The van der Waals surface area contributed by atoms with Gasteiger partial charge in [-0.25, -0.2) is 8.78 Å². The average Bonchev–Trinajstić information content (AvgIpc) is 3.04. The smallest absolute Gasteiger partial charge is 0.200 e. The van der Waals surface area contributed by atoms with Crippen LogP contribution in [-0.2, 0) is 0 Å². The molecule has 5 atom stereocenters. The van der Waals surface area contributed by atoms with Gasteiger partial charge in [-0.15, -0.1) is 0 Å². The molecule has 2 fully saturated rings. The summed E-state index contributed by atoms with van der Waals surface area (Å²) in [5, 5.41) is 0. The SMILES string of the molecule is C=C1C=C2CCC3C(=C2CC1)C(c1ccc(C)cc1)CC1(C)C3CC[C@@]1(C)C(F)(F)C(C)(F)F. The molecule has 0 heterocycles. The van der Waals surface area contributed by atoms with Crippen molar-refractivity contribution in [1.82, 2.24) is 0 Å². The molecule has 1 aromatic carbocycles. The van der Waals surface area contributed by atoms with Crippen LogP contribution in [0.4, 0.5) is 17.6 Å². The normalized spacial score (nSPS) is 36.1. The van der Waals surface area contributed by atoms with E-state index in [2.05, 4.69) is 36.9 Å². The molecule has 4 aliphatic carbocycles. The zero-order valence-electron chi connectivity index (χ0n) is 20.8. The number of alkyl halides is 4. The number of benzene rings is 1. The molecule has 2 saturated carbocycles. The fourth-order valence-corrected chi connectivity index (χ4v) is 8.09. The van der Waals surface area contributed by atoms with Crippen molar-refractivity contribution in [3.63, 3.8) is 0 Å². The minimum atomic E-state index is -4.06. The molecule has 184 valence electrons. The predicted molar refractivity (Wildman–Crippen MR) is 129 cm³/mol. The Kier molecular flexibility index (Phi) is 5.32. The second kappa shape index (κ2) is 7.58. The maximum atomic E-state index is 15.6. The van der Waals surface area contributed by atoms with Gasteiger partial charge >= 0.3 is 11.8 Å². The Bertz CT molecular complexity index is 1070. The van der Waals surface area contributed by atoms with Crippen molar-refractivity contribution in [2.45, 2.75) is 90.4 Å². The number of rotatable bonds is 3. The van der Waals surface area contributed by atoms with Crippen molar-refractivity contribution >= 4 is 0 Å². The lowest BCUT2D eigenvalue weighted by atomic mass is 9.48. The first-order chi connectivity index (χ1) is 15.8. The highest BCUT2D eigenvalue weighted by molar-refractivity contribution is 5.51. The van der Waals surface area contributed by atoms with E-state index in [9.17, 15) is 8.78 Å². The summed E-state index contributed by atoms with van der Waals surface area (Å²) in [5.41, 5.74) is 4.98. The van der Waals surface area contributed by atoms with Crippen molar-refractivity contribution in [2.24, 2.45) is 22.7 Å². The summed E-state index contributed by atoms with van der Waals surface area (Å²) >= 11 is 0. The van der Waals surface area contributed by atoms with Crippen molar-refractivity contribution < 1.29 is 17.6 Å². The summed E-state index contributed by atoms with van der Waals surface area (Å²) in [7, 11) is 0. The molecule has 0 N–H and O–H groups in total. The second-order valence-electron chi connectivity index (χ2n) is 11.9. The van der Waals surface area contributed by atoms with Gasteiger partial charge in [0.05, 0.1) is 0 Å². The van der Waals surface area contributed by atoms with Gasteiger partial charge in [0, 0.05) is 18.3 Å². The quantitative estimate of drug-likeness (QED) is 0.385. The van der Waals surface area contributed by atoms with E-state index in [-0.39, 0.29) is 24.2 Å². The molecule has 0 aliphatic heterocycles. The van der Waals surface area contributed by atoms with Crippen LogP contribution < -0.4 is 0 Å². The molecule has 5 rings (SSSR count). The standard InChI is InChI=1S/C30H36F4/c1-18-6-9-20(10-7-18)24-17-27(3)25(14-15-28(27,4)30(33,34)29(5,31)32)23-13-11-21-16-19(2)8-12-22(21)26(23)24/h6-7,9-10,16,23-25H,2,8,11-15,17H2,1,3-5H3/t23?,24?,25?,27?,28-/m1/s1. The Hall–Kier alpha value is -1.84. The highest BCUT2D eigenvalue weighted by Gasteiger charge is 2.74. The number of hydrogen-bond donors (Lipinski definition) is 0. The number of halogens is 4. The lowest BCUT2D eigenvalue weighted by Gasteiger charge is -2.57. The summed E-state index contributed by atoms with van der Waals surface area (Å²) in [5.74, 6) is -7.96. The molecule has 0 amide bonds. The van der Waals surface area contributed by atoms with Gasteiger partial charge < -0.3 is 0 Å². The molecule has 0 nitrogen and oxygen atoms in total. The third kappa shape index (κ3) is 3.15. The molecule has 0 radical (unpaired) electrons. The van der Waals surface area contributed by atoms with Gasteiger partial charge in [-0.2, -0.15) is 8.78 Å². The van der Waals surface area contributed by atoms with Crippen LogP contribution in [0.15, 0.2) is 59.2 Å². The van der Waals surface area contributed by atoms with Crippen LogP contribution >= 0.6 is 0 Å². The van der Waals surface area contributed by atoms with Crippen LogP contribution in [0.1, 0.15) is 82.8 Å². The average molecular weight is 473 g/mol. The summed E-state index contributed by atoms with van der Waals surface area (Å²) in [6.45, 7) is 9.97. The van der Waals surface area contributed by atoms with Crippen LogP contribution in [0.25, 0.3) is 0 Å². The van der Waals surface area contributed by atoms with Gasteiger partial charge in [-0.05, 0) is 85.8 Å². The Morgan fingerprint density at radius 1 is 0.971 bits per heavy atom. The van der Waals surface area contributed by atoms with Crippen molar-refractivity contribution in [3.05, 3.63) is 70.3 Å². The van der Waals surface area contributed by atoms with Gasteiger partial charge in [0.1, 0.15) is 0 Å². The Balaban J connectivity index is 1.69. The molecular formula is C30H36F4. The molecule has 34 heavy (non-hydrogen) atoms. The number of hydrogen-bond acceptors (Lipinski definition) is 0. The summed E-state index contributed by atoms with van der Waals surface area (Å²) in [6.07, 6.45) is 7.16. The monoisotopic (exact) mass is 472 g/mol. The third-order valence-corrected chi connectivity index (χ3v) is 10.2. The number of fused-ring (bicyclic) bond motifs is 4. The fourth-order valence-electron chi connectivity index (χ4n) is 8.09. The highest BCUT2D eigenvalue weighted by atomic mass is 19.3. The van der Waals surface area contributed by atoms with Gasteiger partial charge in [-0.1, -0.05) is 67.5 Å². The van der Waals surface area contributed by atoms with Crippen molar-refractivity contribution in [1.29, 1.82) is 0 Å². The van der Waals surface area contributed by atoms with E-state index >= 15 is 8.78 Å². The van der Waals surface area contributed by atoms with Crippen LogP contribution in [0.5, 0.6) is 0 Å². The zero-order valence-corrected chi connectivity index (χ0v) is 20.8. The minimum absolute atomic E-state index is 0.00148. The predicted octanol–water partition coefficient (Wildman–Crippen LogP) is 9.18. The molecule has 0 spiro atoms. The van der Waals surface area contributed by atoms with E-state index < -0.39 is 22.7 Å². The summed E-state index contributed by atoms with van der Waals surface area (Å²) in [6, 6.07) is 8.39. The Morgan fingerprint density at radius 3 is 2.29 bits per heavy atom. The highest BCUT2D eigenvalue weighted by Crippen LogP contribution is 2.74. The van der Waals surface area contributed by atoms with Gasteiger partial charge in [0.2, 0.25) is 0 Å². The van der Waals surface area contributed by atoms with E-state index in [4.69, 9.17) is 0 Å². The first-order valence-electron chi connectivity index (χ1n) is 12.7. The lowest BCUT2D eigenvalue weighted by molar-refractivity contribution is -0.284. The van der Waals surface area contributed by atoms with Gasteiger partial charge in [0.25, 0.3) is 0 Å². The molecule has 1 aromatic rings. The topological polar surface area (TPSA) is 0 Å². The van der Waals surface area contributed by atoms with E-state index in [0.717, 1.165) is 42.4 Å². The first kappa shape index (κ1) is 23.9. The fraction of sp³-hybridized carbons (Fsp3) is 0.600. The maximum Gasteiger partial charge on any atom is 0.315 e. The largest absolute Gasteiger partial charge is 0.315 e. The summed E-state index contributed by atoms with van der Waals surface area (Å²) in [4.78, 5) is 0. The molecular weight excluding hydrogens is 436 g/mol. The van der Waals surface area contributed by atoms with E-state index in [1.165, 1.54) is 23.6 Å². The zero-order chi connectivity index (χ0) is 24.7. The Morgan fingerprint density at radius 2 is 1.65 bits per heavy atom. The molecule has 4 heteroatoms. The maximum absolute atomic E-state index is 15.6. The number of aryl methyl sites for hydroxylation is 1. The van der Waals surface area contributed by atoms with E-state index in [1.54, 1.807) is 0 Å². The minimum Gasteiger partial charge on any atom is -0.200 e. The summed E-state index contributed by atoms with van der Waals surface area (Å²) < 4.78 is 60.0. The molecule has 0 aromatic heterocycles.